The lowest BCUT2D eigenvalue weighted by Crippen LogP contribution is -2.05. The van der Waals surface area contributed by atoms with Crippen LogP contribution in [0.15, 0.2) is 36.4 Å². The molecule has 0 aliphatic carbocycles. The van der Waals surface area contributed by atoms with Crippen molar-refractivity contribution in [3.8, 4) is 0 Å². The summed E-state index contributed by atoms with van der Waals surface area (Å²) in [4.78, 5) is 12.4. The summed E-state index contributed by atoms with van der Waals surface area (Å²) in [5.74, 6) is -0.497. The lowest BCUT2D eigenvalue weighted by atomic mass is 9.96. The molecule has 0 saturated heterocycles. The highest BCUT2D eigenvalue weighted by Gasteiger charge is 2.16. The number of carbonyl (C=O) groups is 1. The van der Waals surface area contributed by atoms with Crippen molar-refractivity contribution in [2.45, 2.75) is 20.0 Å². The Balaban J connectivity index is 2.02. The molecular formula is C16H14FNO. The first kappa shape index (κ1) is 12.1. The van der Waals surface area contributed by atoms with Gasteiger partial charge in [-0.1, -0.05) is 18.2 Å². The summed E-state index contributed by atoms with van der Waals surface area (Å²) in [5, 5.41) is 3.24. The van der Waals surface area contributed by atoms with Crippen LogP contribution < -0.4 is 5.32 Å². The summed E-state index contributed by atoms with van der Waals surface area (Å²) in [5.41, 5.74) is 4.24. The summed E-state index contributed by atoms with van der Waals surface area (Å²) < 4.78 is 13.3. The number of nitrogens with one attached hydrogen (secondary N) is 1. The monoisotopic (exact) mass is 255 g/mol. The van der Waals surface area contributed by atoms with Crippen molar-refractivity contribution in [3.05, 3.63) is 70.0 Å². The van der Waals surface area contributed by atoms with E-state index >= 15 is 0 Å². The van der Waals surface area contributed by atoms with Crippen LogP contribution in [0, 0.1) is 12.7 Å². The SMILES string of the molecule is Cc1ccc(F)cc1C(=O)c1ccc2c(c1)CNC2. The van der Waals surface area contributed by atoms with Gasteiger partial charge in [0, 0.05) is 24.2 Å². The van der Waals surface area contributed by atoms with Crippen LogP contribution in [0.5, 0.6) is 0 Å². The lowest BCUT2D eigenvalue weighted by Gasteiger charge is -2.07. The fraction of sp³-hybridized carbons (Fsp3) is 0.188. The Labute approximate surface area is 111 Å². The van der Waals surface area contributed by atoms with Crippen LogP contribution in [-0.4, -0.2) is 5.78 Å². The number of carbonyl (C=O) groups excluding carboxylic acids is 1. The van der Waals surface area contributed by atoms with Crippen LogP contribution >= 0.6 is 0 Å². The molecule has 1 N–H and O–H groups in total. The first-order valence-corrected chi connectivity index (χ1v) is 6.28. The van der Waals surface area contributed by atoms with Crippen LogP contribution in [0.1, 0.15) is 32.6 Å². The van der Waals surface area contributed by atoms with E-state index in [1.165, 1.54) is 17.7 Å². The van der Waals surface area contributed by atoms with Gasteiger partial charge in [0.2, 0.25) is 0 Å². The first-order chi connectivity index (χ1) is 9.15. The Morgan fingerprint density at radius 1 is 1.11 bits per heavy atom. The number of benzene rings is 2. The zero-order chi connectivity index (χ0) is 13.4. The Kier molecular flexibility index (Phi) is 2.91. The second-order valence-electron chi connectivity index (χ2n) is 4.88. The van der Waals surface area contributed by atoms with Crippen LogP contribution in [0.2, 0.25) is 0 Å². The van der Waals surface area contributed by atoms with E-state index in [1.807, 2.05) is 25.1 Å². The predicted molar refractivity (Wildman–Crippen MR) is 71.6 cm³/mol. The second kappa shape index (κ2) is 4.59. The van der Waals surface area contributed by atoms with E-state index in [0.717, 1.165) is 24.2 Å². The Bertz CT molecular complexity index is 664. The van der Waals surface area contributed by atoms with Crippen molar-refractivity contribution in [3.63, 3.8) is 0 Å². The van der Waals surface area contributed by atoms with Gasteiger partial charge in [-0.3, -0.25) is 4.79 Å². The molecule has 0 bridgehead atoms. The van der Waals surface area contributed by atoms with Crippen molar-refractivity contribution >= 4 is 5.78 Å². The van der Waals surface area contributed by atoms with Crippen molar-refractivity contribution in [1.82, 2.24) is 5.32 Å². The zero-order valence-electron chi connectivity index (χ0n) is 10.7. The molecule has 3 heteroatoms. The summed E-state index contributed by atoms with van der Waals surface area (Å²) in [7, 11) is 0. The summed E-state index contributed by atoms with van der Waals surface area (Å²) in [6, 6.07) is 10.0. The van der Waals surface area contributed by atoms with Crippen LogP contribution in [0.3, 0.4) is 0 Å². The van der Waals surface area contributed by atoms with Gasteiger partial charge in [-0.2, -0.15) is 0 Å². The van der Waals surface area contributed by atoms with E-state index in [9.17, 15) is 9.18 Å². The molecule has 1 aliphatic heterocycles. The molecular weight excluding hydrogens is 241 g/mol. The van der Waals surface area contributed by atoms with E-state index < -0.39 is 0 Å². The normalized spacial score (nSPS) is 13.4. The van der Waals surface area contributed by atoms with Crippen molar-refractivity contribution in [1.29, 1.82) is 0 Å². The molecule has 0 fully saturated rings. The highest BCUT2D eigenvalue weighted by atomic mass is 19.1. The fourth-order valence-electron chi connectivity index (χ4n) is 2.43. The number of aryl methyl sites for hydroxylation is 1. The highest BCUT2D eigenvalue weighted by molar-refractivity contribution is 6.10. The highest BCUT2D eigenvalue weighted by Crippen LogP contribution is 2.21. The Morgan fingerprint density at radius 2 is 1.89 bits per heavy atom. The summed E-state index contributed by atoms with van der Waals surface area (Å²) >= 11 is 0. The average Bonchev–Trinajstić information content (AvgIpc) is 2.88. The van der Waals surface area contributed by atoms with Crippen LogP contribution in [0.4, 0.5) is 4.39 Å². The Hall–Kier alpha value is -2.00. The van der Waals surface area contributed by atoms with E-state index in [2.05, 4.69) is 5.32 Å². The standard InChI is InChI=1S/C16H14FNO/c1-10-2-5-14(17)7-15(10)16(19)11-3-4-12-8-18-9-13(12)6-11/h2-7,18H,8-9H2,1H3. The van der Waals surface area contributed by atoms with Gasteiger partial charge in [0.1, 0.15) is 5.82 Å². The van der Waals surface area contributed by atoms with Gasteiger partial charge in [-0.05, 0) is 41.8 Å². The van der Waals surface area contributed by atoms with Crippen molar-refractivity contribution in [2.24, 2.45) is 0 Å². The minimum atomic E-state index is -0.378. The average molecular weight is 255 g/mol. The molecule has 96 valence electrons. The van der Waals surface area contributed by atoms with Gasteiger partial charge >= 0.3 is 0 Å². The van der Waals surface area contributed by atoms with E-state index in [0.29, 0.717) is 11.1 Å². The van der Waals surface area contributed by atoms with Gasteiger partial charge in [0.05, 0.1) is 0 Å². The van der Waals surface area contributed by atoms with Gasteiger partial charge in [0.25, 0.3) is 0 Å². The third-order valence-electron chi connectivity index (χ3n) is 3.54. The number of halogens is 1. The molecule has 0 aromatic heterocycles. The van der Waals surface area contributed by atoms with Gasteiger partial charge in [-0.15, -0.1) is 0 Å². The minimum absolute atomic E-state index is 0.119. The number of fused-ring (bicyclic) bond motifs is 1. The van der Waals surface area contributed by atoms with E-state index in [4.69, 9.17) is 0 Å². The van der Waals surface area contributed by atoms with E-state index in [1.54, 1.807) is 6.07 Å². The minimum Gasteiger partial charge on any atom is -0.309 e. The first-order valence-electron chi connectivity index (χ1n) is 6.28. The topological polar surface area (TPSA) is 29.1 Å². The third kappa shape index (κ3) is 2.17. The maximum atomic E-state index is 13.3. The lowest BCUT2D eigenvalue weighted by molar-refractivity contribution is 0.103. The molecule has 0 atom stereocenters. The molecule has 19 heavy (non-hydrogen) atoms. The van der Waals surface area contributed by atoms with E-state index in [-0.39, 0.29) is 11.6 Å². The molecule has 0 radical (unpaired) electrons. The maximum Gasteiger partial charge on any atom is 0.193 e. The van der Waals surface area contributed by atoms with Crippen LogP contribution in [0.25, 0.3) is 0 Å². The van der Waals surface area contributed by atoms with Gasteiger partial charge in [0.15, 0.2) is 5.78 Å². The smallest absolute Gasteiger partial charge is 0.193 e. The largest absolute Gasteiger partial charge is 0.309 e. The Morgan fingerprint density at radius 3 is 2.74 bits per heavy atom. The molecule has 1 heterocycles. The molecule has 0 amide bonds. The molecule has 3 rings (SSSR count). The molecule has 2 nitrogen and oxygen atoms in total. The maximum absolute atomic E-state index is 13.3. The molecule has 0 saturated carbocycles. The summed E-state index contributed by atoms with van der Waals surface area (Å²) in [6.07, 6.45) is 0. The van der Waals surface area contributed by atoms with Crippen molar-refractivity contribution < 1.29 is 9.18 Å². The number of ketones is 1. The summed E-state index contributed by atoms with van der Waals surface area (Å²) in [6.45, 7) is 3.46. The van der Waals surface area contributed by atoms with Crippen molar-refractivity contribution in [2.75, 3.05) is 0 Å². The van der Waals surface area contributed by atoms with Gasteiger partial charge < -0.3 is 5.32 Å². The fourth-order valence-corrected chi connectivity index (χ4v) is 2.43. The quantitative estimate of drug-likeness (QED) is 0.836. The molecule has 0 spiro atoms. The number of hydrogen-bond acceptors (Lipinski definition) is 2. The third-order valence-corrected chi connectivity index (χ3v) is 3.54. The van der Waals surface area contributed by atoms with Gasteiger partial charge in [-0.25, -0.2) is 4.39 Å². The predicted octanol–water partition coefficient (Wildman–Crippen LogP) is 2.97. The molecule has 2 aromatic carbocycles. The second-order valence-corrected chi connectivity index (χ2v) is 4.88. The van der Waals surface area contributed by atoms with Crippen LogP contribution in [-0.2, 0) is 13.1 Å². The molecule has 0 unspecified atom stereocenters. The number of hydrogen-bond donors (Lipinski definition) is 1. The molecule has 1 aliphatic rings. The number of rotatable bonds is 2. The zero-order valence-corrected chi connectivity index (χ0v) is 10.7. The molecule has 2 aromatic rings.